The number of nitrogens with two attached hydrogens (primary N) is 1. The predicted octanol–water partition coefficient (Wildman–Crippen LogP) is 4.32. The Morgan fingerprint density at radius 3 is 2.75 bits per heavy atom. The Bertz CT molecular complexity index is 689. The highest BCUT2D eigenvalue weighted by molar-refractivity contribution is 7.14. The van der Waals surface area contributed by atoms with Crippen LogP contribution in [0.25, 0.3) is 11.3 Å². The standard InChI is InChI=1S/C15H16F3N3OS.ClH/c1-9(19)5-6-13(22)21-14-20-12(8-23-14)10-3-2-4-11(7-10)15(16,17)18;/h2-4,7-9H,5-6,19H2,1H3,(H,20,21,22);1H. The van der Waals surface area contributed by atoms with E-state index in [1.807, 2.05) is 6.92 Å². The van der Waals surface area contributed by atoms with Gasteiger partial charge in [0, 0.05) is 23.4 Å². The number of aromatic nitrogens is 1. The van der Waals surface area contributed by atoms with Crippen molar-refractivity contribution >= 4 is 34.8 Å². The molecule has 132 valence electrons. The average molecular weight is 380 g/mol. The molecule has 0 aliphatic carbocycles. The molecule has 0 spiro atoms. The second-order valence-electron chi connectivity index (χ2n) is 5.18. The lowest BCUT2D eigenvalue weighted by Crippen LogP contribution is -2.19. The Morgan fingerprint density at radius 1 is 1.42 bits per heavy atom. The summed E-state index contributed by atoms with van der Waals surface area (Å²) in [5.74, 6) is -0.216. The summed E-state index contributed by atoms with van der Waals surface area (Å²) in [5.41, 5.74) is 5.59. The first-order valence-electron chi connectivity index (χ1n) is 6.94. The Labute approximate surface area is 147 Å². The minimum absolute atomic E-state index is 0. The Morgan fingerprint density at radius 2 is 2.12 bits per heavy atom. The number of halogens is 4. The second-order valence-corrected chi connectivity index (χ2v) is 6.04. The van der Waals surface area contributed by atoms with Crippen molar-refractivity contribution in [3.05, 3.63) is 35.2 Å². The number of nitrogens with zero attached hydrogens (tertiary/aromatic N) is 1. The van der Waals surface area contributed by atoms with E-state index in [4.69, 9.17) is 5.73 Å². The smallest absolute Gasteiger partial charge is 0.328 e. The van der Waals surface area contributed by atoms with Gasteiger partial charge in [-0.3, -0.25) is 4.79 Å². The molecule has 0 saturated carbocycles. The molecule has 1 aromatic heterocycles. The summed E-state index contributed by atoms with van der Waals surface area (Å²) < 4.78 is 38.2. The summed E-state index contributed by atoms with van der Waals surface area (Å²) in [4.78, 5) is 15.9. The van der Waals surface area contributed by atoms with E-state index in [1.54, 1.807) is 11.4 Å². The first-order chi connectivity index (χ1) is 10.8. The molecule has 1 aromatic carbocycles. The highest BCUT2D eigenvalue weighted by Gasteiger charge is 2.30. The molecule has 1 atom stereocenters. The van der Waals surface area contributed by atoms with Crippen LogP contribution in [0.3, 0.4) is 0 Å². The molecule has 2 rings (SSSR count). The lowest BCUT2D eigenvalue weighted by Gasteiger charge is -2.07. The Kier molecular flexibility index (Phi) is 7.19. The number of rotatable bonds is 5. The maximum Gasteiger partial charge on any atom is 0.416 e. The molecule has 1 unspecified atom stereocenters. The zero-order chi connectivity index (χ0) is 17.0. The van der Waals surface area contributed by atoms with Gasteiger partial charge in [-0.15, -0.1) is 23.7 Å². The van der Waals surface area contributed by atoms with E-state index in [2.05, 4.69) is 10.3 Å². The van der Waals surface area contributed by atoms with Crippen molar-refractivity contribution in [2.45, 2.75) is 32.0 Å². The number of carbonyl (C=O) groups excluding carboxylic acids is 1. The molecule has 4 nitrogen and oxygen atoms in total. The number of carbonyl (C=O) groups is 1. The van der Waals surface area contributed by atoms with E-state index < -0.39 is 11.7 Å². The van der Waals surface area contributed by atoms with Gasteiger partial charge in [-0.25, -0.2) is 4.98 Å². The van der Waals surface area contributed by atoms with Crippen LogP contribution in [0.4, 0.5) is 18.3 Å². The van der Waals surface area contributed by atoms with Gasteiger partial charge in [-0.1, -0.05) is 12.1 Å². The maximum atomic E-state index is 12.7. The molecule has 0 aliphatic rings. The molecule has 0 fully saturated rings. The summed E-state index contributed by atoms with van der Waals surface area (Å²) in [7, 11) is 0. The molecular weight excluding hydrogens is 363 g/mol. The zero-order valence-corrected chi connectivity index (χ0v) is 14.4. The molecule has 3 N–H and O–H groups in total. The molecule has 24 heavy (non-hydrogen) atoms. The van der Waals surface area contributed by atoms with E-state index in [9.17, 15) is 18.0 Å². The molecule has 1 heterocycles. The molecular formula is C15H17ClF3N3OS. The van der Waals surface area contributed by atoms with Crippen molar-refractivity contribution in [1.82, 2.24) is 4.98 Å². The monoisotopic (exact) mass is 379 g/mol. The molecule has 0 aliphatic heterocycles. The van der Waals surface area contributed by atoms with Crippen LogP contribution in [-0.2, 0) is 11.0 Å². The summed E-state index contributed by atoms with van der Waals surface area (Å²) in [6, 6.07) is 4.85. The number of anilines is 1. The fourth-order valence-corrected chi connectivity index (χ4v) is 2.59. The van der Waals surface area contributed by atoms with Crippen LogP contribution in [0.5, 0.6) is 0 Å². The summed E-state index contributed by atoms with van der Waals surface area (Å²) >= 11 is 1.16. The number of alkyl halides is 3. The summed E-state index contributed by atoms with van der Waals surface area (Å²) in [5, 5.41) is 4.58. The van der Waals surface area contributed by atoms with Crippen molar-refractivity contribution < 1.29 is 18.0 Å². The highest BCUT2D eigenvalue weighted by atomic mass is 35.5. The van der Waals surface area contributed by atoms with Crippen LogP contribution in [0.15, 0.2) is 29.6 Å². The summed E-state index contributed by atoms with van der Waals surface area (Å²) in [6.07, 6.45) is -3.57. The van der Waals surface area contributed by atoms with Gasteiger partial charge >= 0.3 is 6.18 Å². The number of benzene rings is 1. The summed E-state index contributed by atoms with van der Waals surface area (Å²) in [6.45, 7) is 1.81. The first-order valence-corrected chi connectivity index (χ1v) is 7.82. The number of hydrogen-bond acceptors (Lipinski definition) is 4. The molecule has 2 aromatic rings. The van der Waals surface area contributed by atoms with Crippen LogP contribution >= 0.6 is 23.7 Å². The van der Waals surface area contributed by atoms with Crippen LogP contribution in [0.2, 0.25) is 0 Å². The van der Waals surface area contributed by atoms with E-state index in [-0.39, 0.29) is 30.8 Å². The first kappa shape index (κ1) is 20.4. The second kappa shape index (κ2) is 8.46. The van der Waals surface area contributed by atoms with E-state index >= 15 is 0 Å². The SMILES string of the molecule is CC(N)CCC(=O)Nc1nc(-c2cccc(C(F)(F)F)c2)cs1.Cl. The van der Waals surface area contributed by atoms with Crippen molar-refractivity contribution in [2.24, 2.45) is 5.73 Å². The van der Waals surface area contributed by atoms with Gasteiger partial charge in [0.05, 0.1) is 11.3 Å². The van der Waals surface area contributed by atoms with Gasteiger partial charge < -0.3 is 11.1 Å². The average Bonchev–Trinajstić information content (AvgIpc) is 2.93. The lowest BCUT2D eigenvalue weighted by atomic mass is 10.1. The van der Waals surface area contributed by atoms with Crippen LogP contribution in [0.1, 0.15) is 25.3 Å². The fraction of sp³-hybridized carbons (Fsp3) is 0.333. The van der Waals surface area contributed by atoms with Crippen molar-refractivity contribution in [1.29, 1.82) is 0 Å². The quantitative estimate of drug-likeness (QED) is 0.813. The number of nitrogens with one attached hydrogen (secondary N) is 1. The van der Waals surface area contributed by atoms with Gasteiger partial charge in [0.2, 0.25) is 5.91 Å². The van der Waals surface area contributed by atoms with Gasteiger partial charge in [-0.05, 0) is 25.5 Å². The maximum absolute atomic E-state index is 12.7. The van der Waals surface area contributed by atoms with Crippen molar-refractivity contribution in [3.8, 4) is 11.3 Å². The van der Waals surface area contributed by atoms with Crippen LogP contribution in [-0.4, -0.2) is 16.9 Å². The third-order valence-electron chi connectivity index (χ3n) is 3.06. The number of hydrogen-bond donors (Lipinski definition) is 2. The molecule has 9 heteroatoms. The minimum Gasteiger partial charge on any atom is -0.328 e. The van der Waals surface area contributed by atoms with Gasteiger partial charge in [-0.2, -0.15) is 13.2 Å². The normalized spacial score (nSPS) is 12.4. The van der Waals surface area contributed by atoms with Crippen LogP contribution in [0, 0.1) is 0 Å². The predicted molar refractivity (Wildman–Crippen MR) is 91.3 cm³/mol. The van der Waals surface area contributed by atoms with E-state index in [0.29, 0.717) is 22.8 Å². The topological polar surface area (TPSA) is 68.0 Å². The van der Waals surface area contributed by atoms with Crippen LogP contribution < -0.4 is 11.1 Å². The molecule has 0 bridgehead atoms. The largest absolute Gasteiger partial charge is 0.416 e. The minimum atomic E-state index is -4.40. The van der Waals surface area contributed by atoms with E-state index in [0.717, 1.165) is 23.5 Å². The lowest BCUT2D eigenvalue weighted by molar-refractivity contribution is -0.137. The Hall–Kier alpha value is -1.64. The Balaban J connectivity index is 0.00000288. The number of amides is 1. The molecule has 1 amide bonds. The van der Waals surface area contributed by atoms with Gasteiger partial charge in [0.25, 0.3) is 0 Å². The third kappa shape index (κ3) is 5.77. The van der Waals surface area contributed by atoms with Crippen molar-refractivity contribution in [3.63, 3.8) is 0 Å². The highest BCUT2D eigenvalue weighted by Crippen LogP contribution is 2.33. The van der Waals surface area contributed by atoms with E-state index in [1.165, 1.54) is 6.07 Å². The zero-order valence-electron chi connectivity index (χ0n) is 12.8. The van der Waals surface area contributed by atoms with Gasteiger partial charge in [0.15, 0.2) is 5.13 Å². The molecule has 0 saturated heterocycles. The van der Waals surface area contributed by atoms with Crippen molar-refractivity contribution in [2.75, 3.05) is 5.32 Å². The molecule has 0 radical (unpaired) electrons. The van der Waals surface area contributed by atoms with Gasteiger partial charge in [0.1, 0.15) is 0 Å². The number of thiazole rings is 1. The third-order valence-corrected chi connectivity index (χ3v) is 3.82. The fourth-order valence-electron chi connectivity index (χ4n) is 1.86.